The second-order valence-electron chi connectivity index (χ2n) is 7.20. The number of hydrogen-bond acceptors (Lipinski definition) is 5. The van der Waals surface area contributed by atoms with Crippen LogP contribution in [0.4, 0.5) is 0 Å². The summed E-state index contributed by atoms with van der Waals surface area (Å²) in [6.45, 7) is 0.238. The molecule has 1 atom stereocenters. The molecule has 0 saturated heterocycles. The van der Waals surface area contributed by atoms with Gasteiger partial charge >= 0.3 is 5.97 Å². The highest BCUT2D eigenvalue weighted by molar-refractivity contribution is 5.92. The number of carbonyl (C=O) groups excluding carboxylic acids is 2. The molecule has 0 aliphatic carbocycles. The van der Waals surface area contributed by atoms with Crippen LogP contribution in [0.1, 0.15) is 21.5 Å². The summed E-state index contributed by atoms with van der Waals surface area (Å²) in [6.07, 6.45) is 0.305. The second kappa shape index (κ2) is 9.80. The molecule has 1 aliphatic rings. The van der Waals surface area contributed by atoms with Gasteiger partial charge in [0.15, 0.2) is 18.1 Å². The molecule has 3 aromatic rings. The van der Waals surface area contributed by atoms with Gasteiger partial charge in [-0.2, -0.15) is 0 Å². The molecule has 3 aromatic carbocycles. The Bertz CT molecular complexity index is 1050. The van der Waals surface area contributed by atoms with E-state index in [0.717, 1.165) is 11.1 Å². The Kier molecular flexibility index (Phi) is 6.47. The molecule has 0 fully saturated rings. The number of esters is 1. The van der Waals surface area contributed by atoms with Gasteiger partial charge < -0.3 is 19.5 Å². The Morgan fingerprint density at radius 2 is 1.61 bits per heavy atom. The molecule has 158 valence electrons. The zero-order valence-corrected chi connectivity index (χ0v) is 17.0. The van der Waals surface area contributed by atoms with E-state index in [4.69, 9.17) is 14.2 Å². The minimum Gasteiger partial charge on any atom is -0.486 e. The lowest BCUT2D eigenvalue weighted by Gasteiger charge is -2.26. The van der Waals surface area contributed by atoms with Crippen LogP contribution in [0.3, 0.4) is 0 Å². The van der Waals surface area contributed by atoms with Gasteiger partial charge in [-0.1, -0.05) is 60.7 Å². The van der Waals surface area contributed by atoms with Crippen molar-refractivity contribution < 1.29 is 23.8 Å². The van der Waals surface area contributed by atoms with E-state index in [0.29, 0.717) is 30.1 Å². The van der Waals surface area contributed by atoms with Crippen molar-refractivity contribution in [3.63, 3.8) is 0 Å². The van der Waals surface area contributed by atoms with E-state index in [1.807, 2.05) is 66.7 Å². The SMILES string of the molecule is O=C(COC(=O)c1ccccc1Cc1ccccc1)NC[C@@H]1COc2ccccc2O1. The van der Waals surface area contributed by atoms with Gasteiger partial charge in [0, 0.05) is 0 Å². The maximum absolute atomic E-state index is 12.6. The summed E-state index contributed by atoms with van der Waals surface area (Å²) >= 11 is 0. The van der Waals surface area contributed by atoms with E-state index < -0.39 is 11.9 Å². The van der Waals surface area contributed by atoms with Gasteiger partial charge in [0.25, 0.3) is 5.91 Å². The van der Waals surface area contributed by atoms with Crippen molar-refractivity contribution in [1.29, 1.82) is 0 Å². The lowest BCUT2D eigenvalue weighted by molar-refractivity contribution is -0.124. The minimum absolute atomic E-state index is 0.259. The Morgan fingerprint density at radius 3 is 2.45 bits per heavy atom. The number of rotatable bonds is 7. The largest absolute Gasteiger partial charge is 0.486 e. The van der Waals surface area contributed by atoms with E-state index in [-0.39, 0.29) is 19.3 Å². The highest BCUT2D eigenvalue weighted by atomic mass is 16.6. The molecule has 1 heterocycles. The van der Waals surface area contributed by atoms with Gasteiger partial charge in [-0.3, -0.25) is 4.79 Å². The van der Waals surface area contributed by atoms with Crippen LogP contribution in [0.2, 0.25) is 0 Å². The Labute approximate surface area is 180 Å². The van der Waals surface area contributed by atoms with Gasteiger partial charge in [0.2, 0.25) is 0 Å². The first kappa shape index (κ1) is 20.5. The third-order valence-electron chi connectivity index (χ3n) is 4.90. The van der Waals surface area contributed by atoms with Crippen molar-refractivity contribution in [3.8, 4) is 11.5 Å². The summed E-state index contributed by atoms with van der Waals surface area (Å²) in [4.78, 5) is 24.7. The predicted molar refractivity (Wildman–Crippen MR) is 115 cm³/mol. The van der Waals surface area contributed by atoms with Gasteiger partial charge in [-0.25, -0.2) is 4.79 Å². The summed E-state index contributed by atoms with van der Waals surface area (Å²) < 4.78 is 16.7. The van der Waals surface area contributed by atoms with Crippen LogP contribution in [0.15, 0.2) is 78.9 Å². The standard InChI is InChI=1S/C25H23NO5/c27-24(26-15-20-16-29-22-12-6-7-13-23(22)31-20)17-30-25(28)21-11-5-4-10-19(21)14-18-8-2-1-3-9-18/h1-13,20H,14-17H2,(H,26,27)/t20-/m1/s1. The monoisotopic (exact) mass is 417 g/mol. The zero-order valence-electron chi connectivity index (χ0n) is 17.0. The van der Waals surface area contributed by atoms with Gasteiger partial charge in [-0.05, 0) is 35.7 Å². The summed E-state index contributed by atoms with van der Waals surface area (Å²) in [5.74, 6) is 0.423. The molecule has 0 saturated carbocycles. The summed E-state index contributed by atoms with van der Waals surface area (Å²) in [5, 5.41) is 2.72. The number of fused-ring (bicyclic) bond motifs is 1. The molecule has 1 aliphatic heterocycles. The average molecular weight is 417 g/mol. The number of benzene rings is 3. The highest BCUT2D eigenvalue weighted by Gasteiger charge is 2.21. The highest BCUT2D eigenvalue weighted by Crippen LogP contribution is 2.30. The van der Waals surface area contributed by atoms with Crippen LogP contribution in [0.25, 0.3) is 0 Å². The molecule has 31 heavy (non-hydrogen) atoms. The van der Waals surface area contributed by atoms with E-state index >= 15 is 0 Å². The molecule has 1 N–H and O–H groups in total. The fraction of sp³-hybridized carbons (Fsp3) is 0.200. The number of para-hydroxylation sites is 2. The fourth-order valence-corrected chi connectivity index (χ4v) is 3.34. The van der Waals surface area contributed by atoms with Crippen LogP contribution < -0.4 is 14.8 Å². The van der Waals surface area contributed by atoms with Gasteiger partial charge in [0.1, 0.15) is 12.7 Å². The van der Waals surface area contributed by atoms with Crippen molar-refractivity contribution in [3.05, 3.63) is 95.6 Å². The molecular weight excluding hydrogens is 394 g/mol. The number of amides is 1. The summed E-state index contributed by atoms with van der Waals surface area (Å²) in [5.41, 5.74) is 2.40. The first-order chi connectivity index (χ1) is 15.2. The van der Waals surface area contributed by atoms with Crippen LogP contribution >= 0.6 is 0 Å². The first-order valence-electron chi connectivity index (χ1n) is 10.1. The predicted octanol–water partition coefficient (Wildman–Crippen LogP) is 3.39. The smallest absolute Gasteiger partial charge is 0.338 e. The number of carbonyl (C=O) groups is 2. The molecule has 1 amide bonds. The van der Waals surface area contributed by atoms with Gasteiger partial charge in [0.05, 0.1) is 12.1 Å². The molecule has 6 heteroatoms. The average Bonchev–Trinajstić information content (AvgIpc) is 2.82. The molecule has 6 nitrogen and oxygen atoms in total. The van der Waals surface area contributed by atoms with Crippen LogP contribution in [-0.4, -0.2) is 37.7 Å². The normalized spacial score (nSPS) is 14.5. The Hall–Kier alpha value is -3.80. The molecule has 0 radical (unpaired) electrons. The van der Waals surface area contributed by atoms with E-state index in [9.17, 15) is 9.59 Å². The summed E-state index contributed by atoms with van der Waals surface area (Å²) in [7, 11) is 0. The van der Waals surface area contributed by atoms with Crippen LogP contribution in [-0.2, 0) is 16.0 Å². The molecule has 0 spiro atoms. The molecule has 0 unspecified atom stereocenters. The fourth-order valence-electron chi connectivity index (χ4n) is 3.34. The maximum atomic E-state index is 12.6. The minimum atomic E-state index is -0.521. The maximum Gasteiger partial charge on any atom is 0.338 e. The first-order valence-corrected chi connectivity index (χ1v) is 10.1. The number of hydrogen-bond donors (Lipinski definition) is 1. The topological polar surface area (TPSA) is 73.9 Å². The lowest BCUT2D eigenvalue weighted by Crippen LogP contribution is -2.42. The zero-order chi connectivity index (χ0) is 21.5. The molecule has 4 rings (SSSR count). The van der Waals surface area contributed by atoms with Gasteiger partial charge in [-0.15, -0.1) is 0 Å². The molecule has 0 aromatic heterocycles. The quantitative estimate of drug-likeness (QED) is 0.597. The summed E-state index contributed by atoms with van der Waals surface area (Å²) in [6, 6.07) is 24.5. The molecular formula is C25H23NO5. The Morgan fingerprint density at radius 1 is 0.903 bits per heavy atom. The van der Waals surface area contributed by atoms with E-state index in [1.54, 1.807) is 12.1 Å². The molecule has 0 bridgehead atoms. The number of nitrogens with one attached hydrogen (secondary N) is 1. The van der Waals surface area contributed by atoms with E-state index in [1.165, 1.54) is 0 Å². The Balaban J connectivity index is 1.27. The van der Waals surface area contributed by atoms with E-state index in [2.05, 4.69) is 5.32 Å². The van der Waals surface area contributed by atoms with Crippen molar-refractivity contribution in [1.82, 2.24) is 5.32 Å². The van der Waals surface area contributed by atoms with Crippen LogP contribution in [0.5, 0.6) is 11.5 Å². The lowest BCUT2D eigenvalue weighted by atomic mass is 10.00. The van der Waals surface area contributed by atoms with Crippen molar-refractivity contribution in [2.45, 2.75) is 12.5 Å². The van der Waals surface area contributed by atoms with Crippen molar-refractivity contribution in [2.24, 2.45) is 0 Å². The van der Waals surface area contributed by atoms with Crippen molar-refractivity contribution in [2.75, 3.05) is 19.8 Å². The van der Waals surface area contributed by atoms with Crippen molar-refractivity contribution >= 4 is 11.9 Å². The number of ether oxygens (including phenoxy) is 3. The third-order valence-corrected chi connectivity index (χ3v) is 4.90. The van der Waals surface area contributed by atoms with Crippen LogP contribution in [0, 0.1) is 0 Å². The third kappa shape index (κ3) is 5.42. The second-order valence-corrected chi connectivity index (χ2v) is 7.20.